The molecule has 0 saturated carbocycles. The zero-order chi connectivity index (χ0) is 29.4. The van der Waals surface area contributed by atoms with Gasteiger partial charge in [-0.2, -0.15) is 0 Å². The van der Waals surface area contributed by atoms with Crippen LogP contribution in [0.15, 0.2) is 58.5 Å². The van der Waals surface area contributed by atoms with Crippen LogP contribution in [0.5, 0.6) is 0 Å². The normalized spacial score (nSPS) is 33.3. The van der Waals surface area contributed by atoms with Gasteiger partial charge in [0.05, 0.1) is 23.6 Å². The molecule has 0 radical (unpaired) electrons. The summed E-state index contributed by atoms with van der Waals surface area (Å²) in [6.07, 6.45) is 3.55. The molecule has 214 valence electrons. The standard InChI is InChI=1S/C28H39N3O8/c1-14-10-18-23(29)20(32)13-19(25(18)34)31-27(35)15(2)8-7-9-21(37-5)26(39-28(30)36)17(4)12-16(3)24(33)22(11-14)38-6/h7-9,12-14,16,21-22,24,26,33H,10-11,29H2,1-6H3,(H2,30,36)(H,31,35)/b9-7+,15-8+,17-12+/t14-,16+,21-,22-,24+,26+/m1/s1. The summed E-state index contributed by atoms with van der Waals surface area (Å²) in [7, 11) is 2.90. The van der Waals surface area contributed by atoms with E-state index in [1.807, 2.05) is 6.92 Å². The lowest BCUT2D eigenvalue weighted by Crippen LogP contribution is -2.37. The predicted molar refractivity (Wildman–Crippen MR) is 144 cm³/mol. The number of carbonyl (C=O) groups is 4. The van der Waals surface area contributed by atoms with Crippen LogP contribution >= 0.6 is 0 Å². The van der Waals surface area contributed by atoms with Gasteiger partial charge in [-0.25, -0.2) is 4.79 Å². The first-order valence-electron chi connectivity index (χ1n) is 12.6. The van der Waals surface area contributed by atoms with E-state index < -0.39 is 53.9 Å². The summed E-state index contributed by atoms with van der Waals surface area (Å²) in [4.78, 5) is 50.1. The van der Waals surface area contributed by atoms with Crippen LogP contribution in [0.1, 0.15) is 40.5 Å². The molecule has 2 bridgehead atoms. The number of carbonyl (C=O) groups excluding carboxylic acids is 4. The number of Topliss-reactive ketones (excluding diaryl/α,β-unsaturated/α-hetero) is 1. The SMILES string of the molecule is CO[C@@H]1/C=C/C=C(\C)C(=O)NC2=CC(=O)C(N)=C(C[C@@H](C)C[C@@H](OC)[C@@H](O)[C@@H](C)/C=C(\C)[C@@H]1OC(N)=O)C2=O. The van der Waals surface area contributed by atoms with E-state index in [9.17, 15) is 24.3 Å². The molecule has 11 heteroatoms. The van der Waals surface area contributed by atoms with Gasteiger partial charge in [0, 0.05) is 37.4 Å². The van der Waals surface area contributed by atoms with Gasteiger partial charge < -0.3 is 36.1 Å². The van der Waals surface area contributed by atoms with Gasteiger partial charge in [0.15, 0.2) is 6.10 Å². The average molecular weight is 546 g/mol. The minimum Gasteiger partial charge on any atom is -0.439 e. The highest BCUT2D eigenvalue weighted by Crippen LogP contribution is 2.28. The van der Waals surface area contributed by atoms with Gasteiger partial charge >= 0.3 is 6.09 Å². The topological polar surface area (TPSA) is 180 Å². The Morgan fingerprint density at radius 2 is 1.79 bits per heavy atom. The second-order valence-corrected chi connectivity index (χ2v) is 9.97. The van der Waals surface area contributed by atoms with Crippen LogP contribution in [-0.4, -0.2) is 67.3 Å². The van der Waals surface area contributed by atoms with E-state index in [4.69, 9.17) is 25.7 Å². The van der Waals surface area contributed by atoms with Crippen molar-refractivity contribution in [2.24, 2.45) is 23.3 Å². The molecule has 0 aromatic heterocycles. The van der Waals surface area contributed by atoms with Crippen LogP contribution in [0.2, 0.25) is 0 Å². The Labute approximate surface area is 228 Å². The second-order valence-electron chi connectivity index (χ2n) is 9.97. The Balaban J connectivity index is 2.58. The summed E-state index contributed by atoms with van der Waals surface area (Å²) in [6, 6.07) is 0. The zero-order valence-electron chi connectivity index (χ0n) is 23.2. The van der Waals surface area contributed by atoms with Crippen molar-refractivity contribution < 1.29 is 38.5 Å². The number of rotatable bonds is 3. The van der Waals surface area contributed by atoms with Gasteiger partial charge in [0.2, 0.25) is 11.6 Å². The summed E-state index contributed by atoms with van der Waals surface area (Å²) >= 11 is 0. The number of nitrogens with one attached hydrogen (secondary N) is 1. The maximum absolute atomic E-state index is 13.2. The van der Waals surface area contributed by atoms with Crippen molar-refractivity contribution in [1.82, 2.24) is 5.32 Å². The number of methoxy groups -OCH3 is 2. The van der Waals surface area contributed by atoms with Gasteiger partial charge in [-0.15, -0.1) is 0 Å². The second kappa shape index (κ2) is 14.0. The van der Waals surface area contributed by atoms with Gasteiger partial charge in [-0.05, 0) is 38.2 Å². The molecule has 0 aromatic rings. The third-order valence-electron chi connectivity index (χ3n) is 6.84. The van der Waals surface area contributed by atoms with Crippen molar-refractivity contribution in [1.29, 1.82) is 0 Å². The number of ketones is 2. The van der Waals surface area contributed by atoms with E-state index in [1.165, 1.54) is 33.3 Å². The number of amides is 2. The molecule has 0 saturated heterocycles. The van der Waals surface area contributed by atoms with Crippen molar-refractivity contribution in [3.63, 3.8) is 0 Å². The summed E-state index contributed by atoms with van der Waals surface area (Å²) in [5, 5.41) is 13.6. The number of allylic oxidation sites excluding steroid dienone is 4. The largest absolute Gasteiger partial charge is 0.439 e. The first-order valence-corrected chi connectivity index (χ1v) is 12.6. The van der Waals surface area contributed by atoms with E-state index >= 15 is 0 Å². The zero-order valence-corrected chi connectivity index (χ0v) is 23.2. The van der Waals surface area contributed by atoms with Gasteiger partial charge in [0.25, 0.3) is 5.91 Å². The molecular formula is C28H39N3O8. The predicted octanol–water partition coefficient (Wildman–Crippen LogP) is 1.72. The molecule has 2 amide bonds. The van der Waals surface area contributed by atoms with E-state index in [2.05, 4.69) is 5.32 Å². The molecule has 2 rings (SSSR count). The maximum atomic E-state index is 13.2. The Hall–Kier alpha value is -3.54. The highest BCUT2D eigenvalue weighted by atomic mass is 16.6. The monoisotopic (exact) mass is 545 g/mol. The molecule has 0 unspecified atom stereocenters. The van der Waals surface area contributed by atoms with E-state index in [0.29, 0.717) is 12.0 Å². The fraction of sp³-hybridized carbons (Fsp3) is 0.500. The fourth-order valence-electron chi connectivity index (χ4n) is 4.61. The molecular weight excluding hydrogens is 506 g/mol. The summed E-state index contributed by atoms with van der Waals surface area (Å²) in [5.74, 6) is -2.37. The fourth-order valence-corrected chi connectivity index (χ4v) is 4.61. The molecule has 1 heterocycles. The van der Waals surface area contributed by atoms with Crippen LogP contribution in [-0.2, 0) is 28.6 Å². The Morgan fingerprint density at radius 3 is 2.38 bits per heavy atom. The van der Waals surface area contributed by atoms with Gasteiger partial charge in [-0.3, -0.25) is 14.4 Å². The van der Waals surface area contributed by atoms with Crippen LogP contribution in [0.3, 0.4) is 0 Å². The average Bonchev–Trinajstić information content (AvgIpc) is 2.88. The lowest BCUT2D eigenvalue weighted by atomic mass is 9.85. The van der Waals surface area contributed by atoms with E-state index in [1.54, 1.807) is 26.0 Å². The molecule has 1 aliphatic heterocycles. The van der Waals surface area contributed by atoms with Crippen molar-refractivity contribution in [2.75, 3.05) is 14.2 Å². The lowest BCUT2D eigenvalue weighted by molar-refractivity contribution is -0.120. The highest BCUT2D eigenvalue weighted by Gasteiger charge is 2.32. The third kappa shape index (κ3) is 8.22. The molecule has 6 atom stereocenters. The number of fused-ring (bicyclic) bond motifs is 2. The Morgan fingerprint density at radius 1 is 1.13 bits per heavy atom. The van der Waals surface area contributed by atoms with Gasteiger partial charge in [0.1, 0.15) is 6.10 Å². The van der Waals surface area contributed by atoms with Crippen molar-refractivity contribution in [3.8, 4) is 0 Å². The van der Waals surface area contributed by atoms with Crippen molar-refractivity contribution in [2.45, 2.75) is 65.0 Å². The number of hydrogen-bond acceptors (Lipinski definition) is 9. The first kappa shape index (κ1) is 31.7. The minimum atomic E-state index is -1.00. The third-order valence-corrected chi connectivity index (χ3v) is 6.84. The molecule has 0 aromatic carbocycles. The molecule has 0 fully saturated rings. The number of ether oxygens (including phenoxy) is 3. The Bertz CT molecular complexity index is 1130. The van der Waals surface area contributed by atoms with Gasteiger partial charge in [-0.1, -0.05) is 38.2 Å². The quantitative estimate of drug-likeness (QED) is 0.303. The Kier molecular flexibility index (Phi) is 11.4. The molecule has 0 spiro atoms. The first-order chi connectivity index (χ1) is 18.3. The van der Waals surface area contributed by atoms with Crippen molar-refractivity contribution in [3.05, 3.63) is 58.5 Å². The smallest absolute Gasteiger partial charge is 0.405 e. The van der Waals surface area contributed by atoms with Crippen LogP contribution in [0.25, 0.3) is 0 Å². The van der Waals surface area contributed by atoms with Crippen LogP contribution in [0.4, 0.5) is 4.79 Å². The molecule has 39 heavy (non-hydrogen) atoms. The maximum Gasteiger partial charge on any atom is 0.405 e. The highest BCUT2D eigenvalue weighted by molar-refractivity contribution is 6.23. The molecule has 1 aliphatic carbocycles. The number of aliphatic hydroxyl groups excluding tert-OH is 1. The summed E-state index contributed by atoms with van der Waals surface area (Å²) in [6.45, 7) is 6.89. The van der Waals surface area contributed by atoms with Crippen LogP contribution < -0.4 is 16.8 Å². The number of nitrogens with two attached hydrogens (primary N) is 2. The van der Waals surface area contributed by atoms with E-state index in [-0.39, 0.29) is 34.9 Å². The number of hydrogen-bond donors (Lipinski definition) is 4. The number of aliphatic hydroxyl groups is 1. The van der Waals surface area contributed by atoms with Crippen molar-refractivity contribution >= 4 is 23.6 Å². The lowest BCUT2D eigenvalue weighted by Gasteiger charge is -2.29. The molecule has 11 nitrogen and oxygen atoms in total. The minimum absolute atomic E-state index is 0.104. The molecule has 6 N–H and O–H groups in total. The summed E-state index contributed by atoms with van der Waals surface area (Å²) < 4.78 is 16.4. The number of primary amides is 1. The van der Waals surface area contributed by atoms with E-state index in [0.717, 1.165) is 6.08 Å². The molecule has 2 aliphatic rings. The summed E-state index contributed by atoms with van der Waals surface area (Å²) in [5.41, 5.74) is 11.9. The van der Waals surface area contributed by atoms with Crippen LogP contribution in [0, 0.1) is 11.8 Å².